The van der Waals surface area contributed by atoms with E-state index in [-0.39, 0.29) is 29.4 Å². The Morgan fingerprint density at radius 3 is 2.54 bits per heavy atom. The Morgan fingerprint density at radius 2 is 1.96 bits per heavy atom. The van der Waals surface area contributed by atoms with Crippen molar-refractivity contribution in [3.05, 3.63) is 11.7 Å². The molecule has 1 aromatic rings. The van der Waals surface area contributed by atoms with Gasteiger partial charge in [-0.25, -0.2) is 0 Å². The van der Waals surface area contributed by atoms with E-state index in [0.29, 0.717) is 18.3 Å². The van der Waals surface area contributed by atoms with Gasteiger partial charge in [-0.15, -0.1) is 24.0 Å². The monoisotopic (exact) mass is 449 g/mol. The Labute approximate surface area is 162 Å². The molecule has 0 saturated heterocycles. The molecule has 1 aliphatic rings. The van der Waals surface area contributed by atoms with Gasteiger partial charge in [-0.1, -0.05) is 51.6 Å². The maximum Gasteiger partial charge on any atom is 0.232 e. The average Bonchev–Trinajstić information content (AvgIpc) is 3.17. The van der Waals surface area contributed by atoms with Gasteiger partial charge in [-0.05, 0) is 18.8 Å². The lowest BCUT2D eigenvalue weighted by molar-refractivity contribution is 0.318. The smallest absolute Gasteiger partial charge is 0.232 e. The zero-order valence-electron chi connectivity index (χ0n) is 15.4. The van der Waals surface area contributed by atoms with Gasteiger partial charge in [0.2, 0.25) is 5.89 Å². The van der Waals surface area contributed by atoms with Crippen LogP contribution in [0.1, 0.15) is 71.0 Å². The zero-order valence-corrected chi connectivity index (χ0v) is 17.7. The van der Waals surface area contributed by atoms with Gasteiger partial charge in [0, 0.05) is 19.0 Å². The summed E-state index contributed by atoms with van der Waals surface area (Å²) in [7, 11) is 1.78. The number of aliphatic imine (C=N–C) groups is 1. The third kappa shape index (κ3) is 6.94. The number of nitrogens with one attached hydrogen (secondary N) is 2. The van der Waals surface area contributed by atoms with Crippen molar-refractivity contribution in [3.63, 3.8) is 0 Å². The highest BCUT2D eigenvalue weighted by Gasteiger charge is 2.21. The molecule has 0 atom stereocenters. The first-order valence-corrected chi connectivity index (χ1v) is 8.76. The summed E-state index contributed by atoms with van der Waals surface area (Å²) in [4.78, 5) is 8.65. The Hall–Kier alpha value is -0.860. The summed E-state index contributed by atoms with van der Waals surface area (Å²) in [5.74, 6) is 3.05. The number of rotatable bonds is 6. The second-order valence-corrected chi connectivity index (χ2v) is 7.41. The van der Waals surface area contributed by atoms with E-state index >= 15 is 0 Å². The lowest BCUT2D eigenvalue weighted by Gasteiger charge is -2.12. The highest BCUT2D eigenvalue weighted by atomic mass is 127. The van der Waals surface area contributed by atoms with Crippen molar-refractivity contribution in [2.24, 2.45) is 10.9 Å². The number of halogens is 1. The summed E-state index contributed by atoms with van der Waals surface area (Å²) in [5, 5.41) is 10.6. The van der Waals surface area contributed by atoms with Crippen molar-refractivity contribution >= 4 is 29.9 Å². The van der Waals surface area contributed by atoms with Gasteiger partial charge in [-0.3, -0.25) is 4.99 Å². The molecule has 0 aliphatic heterocycles. The summed E-state index contributed by atoms with van der Waals surface area (Å²) >= 11 is 0. The van der Waals surface area contributed by atoms with Crippen LogP contribution in [0.15, 0.2) is 9.52 Å². The van der Waals surface area contributed by atoms with Crippen LogP contribution >= 0.6 is 24.0 Å². The van der Waals surface area contributed by atoms with Crippen LogP contribution in [0.25, 0.3) is 0 Å². The maximum atomic E-state index is 5.29. The van der Waals surface area contributed by atoms with Crippen molar-refractivity contribution in [1.82, 2.24) is 20.8 Å². The van der Waals surface area contributed by atoms with Crippen LogP contribution in [0.5, 0.6) is 0 Å². The third-order valence-electron chi connectivity index (χ3n) is 4.30. The summed E-state index contributed by atoms with van der Waals surface area (Å²) in [6, 6.07) is 0. The van der Waals surface area contributed by atoms with Gasteiger partial charge in [0.15, 0.2) is 11.8 Å². The van der Waals surface area contributed by atoms with Gasteiger partial charge >= 0.3 is 0 Å². The molecule has 7 heteroatoms. The van der Waals surface area contributed by atoms with E-state index < -0.39 is 0 Å². The Morgan fingerprint density at radius 1 is 1.25 bits per heavy atom. The first-order valence-electron chi connectivity index (χ1n) is 8.76. The molecule has 138 valence electrons. The van der Waals surface area contributed by atoms with Crippen molar-refractivity contribution < 1.29 is 4.52 Å². The van der Waals surface area contributed by atoms with Crippen LogP contribution in [-0.4, -0.2) is 29.7 Å². The SMILES string of the molecule is CN=C(NCCCC1CCCC1)NCc1noc(C(C)(C)C)n1.I. The first kappa shape index (κ1) is 21.2. The molecule has 6 nitrogen and oxygen atoms in total. The fourth-order valence-electron chi connectivity index (χ4n) is 2.91. The van der Waals surface area contributed by atoms with Gasteiger partial charge in [0.25, 0.3) is 0 Å². The Kier molecular flexibility index (Phi) is 9.01. The summed E-state index contributed by atoms with van der Waals surface area (Å²) < 4.78 is 5.29. The predicted octanol–water partition coefficient (Wildman–Crippen LogP) is 3.62. The molecule has 0 spiro atoms. The molecule has 1 aromatic heterocycles. The topological polar surface area (TPSA) is 75.3 Å². The minimum Gasteiger partial charge on any atom is -0.356 e. The summed E-state index contributed by atoms with van der Waals surface area (Å²) in [6.45, 7) is 7.64. The van der Waals surface area contributed by atoms with Crippen LogP contribution in [0, 0.1) is 5.92 Å². The molecule has 1 fully saturated rings. The molecule has 2 N–H and O–H groups in total. The first-order chi connectivity index (χ1) is 11.0. The third-order valence-corrected chi connectivity index (χ3v) is 4.30. The predicted molar refractivity (Wildman–Crippen MR) is 108 cm³/mol. The van der Waals surface area contributed by atoms with E-state index in [4.69, 9.17) is 4.52 Å². The largest absolute Gasteiger partial charge is 0.356 e. The molecule has 0 aromatic carbocycles. The lowest BCUT2D eigenvalue weighted by Crippen LogP contribution is -2.37. The highest BCUT2D eigenvalue weighted by Crippen LogP contribution is 2.28. The van der Waals surface area contributed by atoms with E-state index in [9.17, 15) is 0 Å². The number of hydrogen-bond acceptors (Lipinski definition) is 4. The fraction of sp³-hybridized carbons (Fsp3) is 0.824. The quantitative estimate of drug-likeness (QED) is 0.300. The standard InChI is InChI=1S/C17H31N5O.HI/c1-17(2,3)15-21-14(22-23-15)12-20-16(18-4)19-11-7-10-13-8-5-6-9-13;/h13H,5-12H2,1-4H3,(H2,18,19,20);1H. The van der Waals surface area contributed by atoms with Gasteiger partial charge in [0.1, 0.15) is 0 Å². The van der Waals surface area contributed by atoms with Crippen LogP contribution in [-0.2, 0) is 12.0 Å². The zero-order chi connectivity index (χ0) is 16.7. The molecule has 1 aliphatic carbocycles. The van der Waals surface area contributed by atoms with E-state index in [2.05, 4.69) is 46.5 Å². The summed E-state index contributed by atoms with van der Waals surface area (Å²) in [5.41, 5.74) is -0.120. The second-order valence-electron chi connectivity index (χ2n) is 7.41. The van der Waals surface area contributed by atoms with Crippen LogP contribution < -0.4 is 10.6 Å². The van der Waals surface area contributed by atoms with E-state index in [1.54, 1.807) is 7.05 Å². The molecule has 1 saturated carbocycles. The maximum absolute atomic E-state index is 5.29. The molecule has 1 heterocycles. The number of guanidine groups is 1. The molecule has 0 bridgehead atoms. The van der Waals surface area contributed by atoms with Gasteiger partial charge in [0.05, 0.1) is 6.54 Å². The molecular formula is C17H32IN5O. The van der Waals surface area contributed by atoms with Gasteiger partial charge < -0.3 is 15.2 Å². The lowest BCUT2D eigenvalue weighted by atomic mass is 9.97. The molecule has 2 rings (SSSR count). The molecule has 0 radical (unpaired) electrons. The number of nitrogens with zero attached hydrogens (tertiary/aromatic N) is 3. The van der Waals surface area contributed by atoms with Gasteiger partial charge in [-0.2, -0.15) is 4.98 Å². The molecule has 0 unspecified atom stereocenters. The van der Waals surface area contributed by atoms with Crippen LogP contribution in [0.2, 0.25) is 0 Å². The van der Waals surface area contributed by atoms with E-state index in [1.165, 1.54) is 38.5 Å². The van der Waals surface area contributed by atoms with Crippen molar-refractivity contribution in [2.75, 3.05) is 13.6 Å². The number of hydrogen-bond donors (Lipinski definition) is 2. The van der Waals surface area contributed by atoms with Crippen molar-refractivity contribution in [1.29, 1.82) is 0 Å². The average molecular weight is 449 g/mol. The Balaban J connectivity index is 0.00000288. The van der Waals surface area contributed by atoms with Crippen molar-refractivity contribution in [3.8, 4) is 0 Å². The summed E-state index contributed by atoms with van der Waals surface area (Å²) in [6.07, 6.45) is 8.19. The fourth-order valence-corrected chi connectivity index (χ4v) is 2.91. The highest BCUT2D eigenvalue weighted by molar-refractivity contribution is 14.0. The molecule has 24 heavy (non-hydrogen) atoms. The van der Waals surface area contributed by atoms with E-state index in [0.717, 1.165) is 18.4 Å². The van der Waals surface area contributed by atoms with Crippen LogP contribution in [0.4, 0.5) is 0 Å². The second kappa shape index (κ2) is 10.2. The van der Waals surface area contributed by atoms with Crippen LogP contribution in [0.3, 0.4) is 0 Å². The van der Waals surface area contributed by atoms with Crippen molar-refractivity contribution in [2.45, 2.75) is 71.3 Å². The molecular weight excluding hydrogens is 417 g/mol. The molecule has 0 amide bonds. The minimum absolute atomic E-state index is 0. The minimum atomic E-state index is -0.120. The Bertz CT molecular complexity index is 503. The van der Waals surface area contributed by atoms with E-state index in [1.807, 2.05) is 0 Å². The normalized spacial score (nSPS) is 16.1. The number of aromatic nitrogens is 2.